The van der Waals surface area contributed by atoms with Crippen LogP contribution in [-0.4, -0.2) is 18.0 Å². The zero-order chi connectivity index (χ0) is 13.1. The van der Waals surface area contributed by atoms with E-state index in [0.717, 1.165) is 12.1 Å². The number of alkyl halides is 4. The topological polar surface area (TPSA) is 26.3 Å². The molecule has 1 rings (SSSR count). The molecular formula is C10H7ClF4O2. The number of hydrogen-bond acceptors (Lipinski definition) is 2. The molecule has 0 atom stereocenters. The van der Waals surface area contributed by atoms with Crippen LogP contribution >= 0.6 is 11.6 Å². The van der Waals surface area contributed by atoms with Gasteiger partial charge in [0.2, 0.25) is 0 Å². The highest BCUT2D eigenvalue weighted by molar-refractivity contribution is 6.19. The molecule has 0 saturated heterocycles. The van der Waals surface area contributed by atoms with Crippen molar-refractivity contribution >= 4 is 17.4 Å². The molecule has 0 heterocycles. The van der Waals surface area contributed by atoms with Crippen LogP contribution in [0.4, 0.5) is 17.6 Å². The molecule has 0 bridgehead atoms. The van der Waals surface area contributed by atoms with E-state index in [9.17, 15) is 22.4 Å². The van der Waals surface area contributed by atoms with Gasteiger partial charge in [-0.25, -0.2) is 4.39 Å². The van der Waals surface area contributed by atoms with Gasteiger partial charge in [0.25, 0.3) is 0 Å². The van der Waals surface area contributed by atoms with E-state index in [4.69, 9.17) is 11.6 Å². The van der Waals surface area contributed by atoms with Crippen molar-refractivity contribution in [3.8, 4) is 5.75 Å². The van der Waals surface area contributed by atoms with E-state index in [1.807, 2.05) is 0 Å². The Hall–Kier alpha value is -1.30. The molecule has 1 aromatic carbocycles. The normalized spacial score (nSPS) is 11.4. The van der Waals surface area contributed by atoms with Crippen molar-refractivity contribution in [1.82, 2.24) is 0 Å². The average molecular weight is 271 g/mol. The Morgan fingerprint density at radius 2 is 2.00 bits per heavy atom. The van der Waals surface area contributed by atoms with Gasteiger partial charge in [0.1, 0.15) is 0 Å². The summed E-state index contributed by atoms with van der Waals surface area (Å²) in [5.41, 5.74) is -0.0438. The summed E-state index contributed by atoms with van der Waals surface area (Å²) in [6.45, 7) is 0. The van der Waals surface area contributed by atoms with E-state index in [1.54, 1.807) is 0 Å². The van der Waals surface area contributed by atoms with Crippen LogP contribution in [0.5, 0.6) is 5.75 Å². The van der Waals surface area contributed by atoms with E-state index in [2.05, 4.69) is 4.74 Å². The van der Waals surface area contributed by atoms with E-state index in [1.165, 1.54) is 0 Å². The summed E-state index contributed by atoms with van der Waals surface area (Å²) < 4.78 is 52.1. The number of halogens is 5. The molecule has 17 heavy (non-hydrogen) atoms. The van der Waals surface area contributed by atoms with Gasteiger partial charge in [-0.15, -0.1) is 24.8 Å². The Morgan fingerprint density at radius 1 is 1.35 bits per heavy atom. The molecule has 0 N–H and O–H groups in total. The predicted octanol–water partition coefficient (Wildman–Crippen LogP) is 3.54. The Labute approximate surface area is 99.1 Å². The van der Waals surface area contributed by atoms with Gasteiger partial charge in [0.15, 0.2) is 17.3 Å². The number of Topliss-reactive ketones (excluding diaryl/α,β-unsaturated/α-hetero) is 1. The maximum Gasteiger partial charge on any atom is 0.573 e. The lowest BCUT2D eigenvalue weighted by molar-refractivity contribution is -0.275. The van der Waals surface area contributed by atoms with Crippen LogP contribution in [0.1, 0.15) is 16.8 Å². The Morgan fingerprint density at radius 3 is 2.47 bits per heavy atom. The molecule has 0 aliphatic carbocycles. The molecule has 94 valence electrons. The number of carbonyl (C=O) groups is 1. The highest BCUT2D eigenvalue weighted by Gasteiger charge is 2.32. The van der Waals surface area contributed by atoms with Crippen LogP contribution in [0.15, 0.2) is 18.2 Å². The van der Waals surface area contributed by atoms with Crippen LogP contribution < -0.4 is 4.74 Å². The first-order chi connectivity index (χ1) is 7.83. The lowest BCUT2D eigenvalue weighted by Crippen LogP contribution is -2.18. The highest BCUT2D eigenvalue weighted by Crippen LogP contribution is 2.26. The van der Waals surface area contributed by atoms with Crippen molar-refractivity contribution in [2.75, 3.05) is 5.88 Å². The van der Waals surface area contributed by atoms with Gasteiger partial charge in [-0.1, -0.05) is 0 Å². The Bertz CT molecular complexity index is 417. The number of ketones is 1. The van der Waals surface area contributed by atoms with Gasteiger partial charge < -0.3 is 4.74 Å². The second-order valence-electron chi connectivity index (χ2n) is 3.06. The molecule has 0 spiro atoms. The highest BCUT2D eigenvalue weighted by atomic mass is 35.5. The quantitative estimate of drug-likeness (QED) is 0.475. The van der Waals surface area contributed by atoms with Crippen molar-refractivity contribution in [3.05, 3.63) is 29.6 Å². The molecule has 1 aromatic rings. The fraction of sp³-hybridized carbons (Fsp3) is 0.300. The second-order valence-corrected chi connectivity index (χ2v) is 3.43. The Balaban J connectivity index is 2.90. The lowest BCUT2D eigenvalue weighted by Gasteiger charge is -2.10. The van der Waals surface area contributed by atoms with E-state index in [-0.39, 0.29) is 17.9 Å². The molecule has 0 fully saturated rings. The molecule has 0 aliphatic heterocycles. The number of carbonyl (C=O) groups excluding carboxylic acids is 1. The number of rotatable bonds is 4. The minimum absolute atomic E-state index is 0.0134. The molecule has 0 amide bonds. The first-order valence-electron chi connectivity index (χ1n) is 4.48. The summed E-state index contributed by atoms with van der Waals surface area (Å²) in [5.74, 6) is -2.61. The summed E-state index contributed by atoms with van der Waals surface area (Å²) in [6.07, 6.45) is -4.98. The SMILES string of the molecule is O=C(CCCl)c1ccc(OC(F)(F)F)c(F)c1. The smallest absolute Gasteiger partial charge is 0.403 e. The minimum atomic E-state index is -4.97. The molecule has 2 nitrogen and oxygen atoms in total. The standard InChI is InChI=1S/C10H7ClF4O2/c11-4-3-8(16)6-1-2-9(7(12)5-6)17-10(13,14)15/h1-2,5H,3-4H2. The van der Waals surface area contributed by atoms with Crippen LogP contribution in [-0.2, 0) is 0 Å². The molecule has 0 saturated carbocycles. The van der Waals surface area contributed by atoms with Gasteiger partial charge >= 0.3 is 6.36 Å². The predicted molar refractivity (Wildman–Crippen MR) is 52.8 cm³/mol. The largest absolute Gasteiger partial charge is 0.573 e. The zero-order valence-corrected chi connectivity index (χ0v) is 9.11. The molecule has 0 radical (unpaired) electrons. The second kappa shape index (κ2) is 5.35. The zero-order valence-electron chi connectivity index (χ0n) is 8.35. The molecule has 0 aromatic heterocycles. The van der Waals surface area contributed by atoms with Crippen LogP contribution in [0.3, 0.4) is 0 Å². The maximum atomic E-state index is 13.2. The van der Waals surface area contributed by atoms with E-state index >= 15 is 0 Å². The van der Waals surface area contributed by atoms with Crippen molar-refractivity contribution in [3.63, 3.8) is 0 Å². The summed E-state index contributed by atoms with van der Waals surface area (Å²) in [7, 11) is 0. The Kier molecular flexibility index (Phi) is 4.34. The van der Waals surface area contributed by atoms with Gasteiger partial charge in [-0.2, -0.15) is 0 Å². The number of benzene rings is 1. The fourth-order valence-corrected chi connectivity index (χ4v) is 1.28. The van der Waals surface area contributed by atoms with Crippen LogP contribution in [0, 0.1) is 5.82 Å². The van der Waals surface area contributed by atoms with Crippen LogP contribution in [0.25, 0.3) is 0 Å². The molecule has 0 unspecified atom stereocenters. The molecular weight excluding hydrogens is 264 g/mol. The maximum absolute atomic E-state index is 13.2. The number of hydrogen-bond donors (Lipinski definition) is 0. The number of ether oxygens (including phenoxy) is 1. The molecule has 0 aliphatic rings. The monoisotopic (exact) mass is 270 g/mol. The summed E-state index contributed by atoms with van der Waals surface area (Å²) in [4.78, 5) is 11.3. The van der Waals surface area contributed by atoms with Crippen molar-refractivity contribution in [1.29, 1.82) is 0 Å². The summed E-state index contributed by atoms with van der Waals surface area (Å²) >= 11 is 5.32. The van der Waals surface area contributed by atoms with Gasteiger partial charge in [0.05, 0.1) is 0 Å². The van der Waals surface area contributed by atoms with Gasteiger partial charge in [-0.05, 0) is 18.2 Å². The fourth-order valence-electron chi connectivity index (χ4n) is 1.11. The van der Waals surface area contributed by atoms with Crippen LogP contribution in [0.2, 0.25) is 0 Å². The van der Waals surface area contributed by atoms with Gasteiger partial charge in [-0.3, -0.25) is 4.79 Å². The van der Waals surface area contributed by atoms with Crippen molar-refractivity contribution in [2.24, 2.45) is 0 Å². The van der Waals surface area contributed by atoms with Crippen molar-refractivity contribution in [2.45, 2.75) is 12.8 Å². The van der Waals surface area contributed by atoms with E-state index in [0.29, 0.717) is 6.07 Å². The first kappa shape index (κ1) is 13.8. The average Bonchev–Trinajstić information content (AvgIpc) is 2.19. The third-order valence-corrected chi connectivity index (χ3v) is 1.99. The summed E-state index contributed by atoms with van der Waals surface area (Å²) in [6, 6.07) is 2.50. The third kappa shape index (κ3) is 4.22. The minimum Gasteiger partial charge on any atom is -0.403 e. The van der Waals surface area contributed by atoms with Crippen molar-refractivity contribution < 1.29 is 27.1 Å². The van der Waals surface area contributed by atoms with Gasteiger partial charge in [0, 0.05) is 17.9 Å². The third-order valence-electron chi connectivity index (χ3n) is 1.80. The first-order valence-corrected chi connectivity index (χ1v) is 5.01. The van der Waals surface area contributed by atoms with E-state index < -0.39 is 23.7 Å². The molecule has 7 heteroatoms. The lowest BCUT2D eigenvalue weighted by atomic mass is 10.1. The summed E-state index contributed by atoms with van der Waals surface area (Å²) in [5, 5.41) is 0.